The van der Waals surface area contributed by atoms with E-state index in [2.05, 4.69) is 15.7 Å². The Morgan fingerprint density at radius 1 is 1.32 bits per heavy atom. The molecule has 0 radical (unpaired) electrons. The fraction of sp³-hybridized carbons (Fsp3) is 0.375. The number of benzene rings is 1. The summed E-state index contributed by atoms with van der Waals surface area (Å²) in [5.41, 5.74) is 2.04. The monoisotopic (exact) mass is 300 g/mol. The molecule has 3 rings (SSSR count). The zero-order chi connectivity index (χ0) is 15.2. The van der Waals surface area contributed by atoms with Gasteiger partial charge in [0, 0.05) is 32.1 Å². The molecule has 1 unspecified atom stereocenters. The van der Waals surface area contributed by atoms with Crippen molar-refractivity contribution >= 4 is 6.03 Å². The Morgan fingerprint density at radius 2 is 2.18 bits per heavy atom. The van der Waals surface area contributed by atoms with Gasteiger partial charge in [-0.15, -0.1) is 0 Å². The Labute approximate surface area is 129 Å². The summed E-state index contributed by atoms with van der Waals surface area (Å²) in [6, 6.07) is 9.65. The fourth-order valence-electron chi connectivity index (χ4n) is 2.44. The maximum absolute atomic E-state index is 11.7. The maximum atomic E-state index is 11.7. The van der Waals surface area contributed by atoms with Crippen LogP contribution in [0.1, 0.15) is 18.4 Å². The smallest absolute Gasteiger partial charge is 0.315 e. The lowest BCUT2D eigenvalue weighted by molar-refractivity contribution is 0.111. The van der Waals surface area contributed by atoms with Crippen molar-refractivity contribution in [1.29, 1.82) is 0 Å². The van der Waals surface area contributed by atoms with Crippen molar-refractivity contribution in [3.63, 3.8) is 0 Å². The van der Waals surface area contributed by atoms with Crippen LogP contribution in [-0.2, 0) is 11.3 Å². The molecule has 2 N–H and O–H groups in total. The first kappa shape index (κ1) is 14.6. The first-order chi connectivity index (χ1) is 10.8. The first-order valence-electron chi connectivity index (χ1n) is 7.53. The number of hydrogen-bond acceptors (Lipinski definition) is 3. The standard InChI is InChI=1S/C16H20N4O2/c21-16(18-12-15-3-1-10-22-15)17-11-13-4-6-14(7-5-13)20-9-2-8-19-20/h2,4-9,15H,1,3,10-12H2,(H2,17,18,21). The zero-order valence-electron chi connectivity index (χ0n) is 12.4. The molecule has 116 valence electrons. The summed E-state index contributed by atoms with van der Waals surface area (Å²) in [5.74, 6) is 0. The second-order valence-corrected chi connectivity index (χ2v) is 5.32. The average molecular weight is 300 g/mol. The van der Waals surface area contributed by atoms with E-state index in [0.29, 0.717) is 13.1 Å². The molecule has 0 bridgehead atoms. The lowest BCUT2D eigenvalue weighted by Crippen LogP contribution is -2.39. The van der Waals surface area contributed by atoms with Crippen LogP contribution in [0.5, 0.6) is 0 Å². The number of nitrogens with one attached hydrogen (secondary N) is 2. The van der Waals surface area contributed by atoms with Gasteiger partial charge in [-0.3, -0.25) is 0 Å². The Morgan fingerprint density at radius 3 is 2.86 bits per heavy atom. The van der Waals surface area contributed by atoms with E-state index in [1.165, 1.54) is 0 Å². The van der Waals surface area contributed by atoms with Crippen molar-refractivity contribution in [2.45, 2.75) is 25.5 Å². The molecule has 0 spiro atoms. The quantitative estimate of drug-likeness (QED) is 0.885. The van der Waals surface area contributed by atoms with E-state index in [0.717, 1.165) is 30.7 Å². The number of urea groups is 1. The fourth-order valence-corrected chi connectivity index (χ4v) is 2.44. The molecule has 1 saturated heterocycles. The minimum Gasteiger partial charge on any atom is -0.376 e. The van der Waals surface area contributed by atoms with Crippen LogP contribution in [0, 0.1) is 0 Å². The van der Waals surface area contributed by atoms with Crippen LogP contribution in [0.25, 0.3) is 5.69 Å². The Kier molecular flexibility index (Phi) is 4.70. The number of hydrogen-bond donors (Lipinski definition) is 2. The molecule has 2 amide bonds. The number of aromatic nitrogens is 2. The number of ether oxygens (including phenoxy) is 1. The van der Waals surface area contributed by atoms with E-state index in [9.17, 15) is 4.79 Å². The Balaban J connectivity index is 1.43. The molecule has 0 aliphatic carbocycles. The van der Waals surface area contributed by atoms with Crippen LogP contribution < -0.4 is 10.6 Å². The molecule has 1 aromatic carbocycles. The average Bonchev–Trinajstić information content (AvgIpc) is 3.24. The van der Waals surface area contributed by atoms with E-state index in [-0.39, 0.29) is 12.1 Å². The molecule has 1 atom stereocenters. The van der Waals surface area contributed by atoms with Crippen LogP contribution in [0.2, 0.25) is 0 Å². The molecular weight excluding hydrogens is 280 g/mol. The van der Waals surface area contributed by atoms with Crippen molar-refractivity contribution < 1.29 is 9.53 Å². The number of nitrogens with zero attached hydrogens (tertiary/aromatic N) is 2. The highest BCUT2D eigenvalue weighted by Gasteiger charge is 2.15. The van der Waals surface area contributed by atoms with E-state index in [1.54, 1.807) is 10.9 Å². The van der Waals surface area contributed by atoms with Gasteiger partial charge in [0.25, 0.3) is 0 Å². The van der Waals surface area contributed by atoms with Gasteiger partial charge >= 0.3 is 6.03 Å². The Hall–Kier alpha value is -2.34. The summed E-state index contributed by atoms with van der Waals surface area (Å²) in [6.07, 6.45) is 5.91. The van der Waals surface area contributed by atoms with Crippen molar-refractivity contribution in [3.8, 4) is 5.69 Å². The van der Waals surface area contributed by atoms with Crippen molar-refractivity contribution in [3.05, 3.63) is 48.3 Å². The van der Waals surface area contributed by atoms with Crippen LogP contribution in [0.15, 0.2) is 42.7 Å². The van der Waals surface area contributed by atoms with Gasteiger partial charge in [-0.05, 0) is 36.6 Å². The van der Waals surface area contributed by atoms with Crippen molar-refractivity contribution in [2.24, 2.45) is 0 Å². The summed E-state index contributed by atoms with van der Waals surface area (Å²) in [5, 5.41) is 9.87. The molecule has 2 heterocycles. The van der Waals surface area contributed by atoms with Crippen molar-refractivity contribution in [2.75, 3.05) is 13.2 Å². The Bertz CT molecular complexity index is 589. The number of amides is 2. The summed E-state index contributed by atoms with van der Waals surface area (Å²) < 4.78 is 7.26. The minimum atomic E-state index is -0.161. The third-order valence-electron chi connectivity index (χ3n) is 3.67. The van der Waals surface area contributed by atoms with Gasteiger partial charge in [0.2, 0.25) is 0 Å². The molecular formula is C16H20N4O2. The molecule has 2 aromatic rings. The second kappa shape index (κ2) is 7.09. The predicted molar refractivity (Wildman–Crippen MR) is 82.8 cm³/mol. The molecule has 6 nitrogen and oxygen atoms in total. The second-order valence-electron chi connectivity index (χ2n) is 5.32. The predicted octanol–water partition coefficient (Wildman–Crippen LogP) is 1.85. The third kappa shape index (κ3) is 3.85. The molecule has 22 heavy (non-hydrogen) atoms. The highest BCUT2D eigenvalue weighted by Crippen LogP contribution is 2.10. The van der Waals surface area contributed by atoms with Gasteiger partial charge in [-0.1, -0.05) is 12.1 Å². The molecule has 1 aromatic heterocycles. The SMILES string of the molecule is O=C(NCc1ccc(-n2cccn2)cc1)NCC1CCCO1. The van der Waals surface area contributed by atoms with E-state index in [4.69, 9.17) is 4.74 Å². The highest BCUT2D eigenvalue weighted by molar-refractivity contribution is 5.73. The summed E-state index contributed by atoms with van der Waals surface area (Å²) in [7, 11) is 0. The minimum absolute atomic E-state index is 0.161. The first-order valence-corrected chi connectivity index (χ1v) is 7.53. The van der Waals surface area contributed by atoms with Gasteiger partial charge in [0.05, 0.1) is 11.8 Å². The summed E-state index contributed by atoms with van der Waals surface area (Å²) >= 11 is 0. The lowest BCUT2D eigenvalue weighted by Gasteiger charge is -2.12. The van der Waals surface area contributed by atoms with Gasteiger partial charge in [0.15, 0.2) is 0 Å². The molecule has 1 fully saturated rings. The third-order valence-corrected chi connectivity index (χ3v) is 3.67. The maximum Gasteiger partial charge on any atom is 0.315 e. The van der Waals surface area contributed by atoms with Gasteiger partial charge < -0.3 is 15.4 Å². The molecule has 0 saturated carbocycles. The van der Waals surface area contributed by atoms with E-state index in [1.807, 2.05) is 36.5 Å². The number of carbonyl (C=O) groups is 1. The number of rotatable bonds is 5. The summed E-state index contributed by atoms with van der Waals surface area (Å²) in [6.45, 7) is 1.87. The van der Waals surface area contributed by atoms with Crippen LogP contribution >= 0.6 is 0 Å². The van der Waals surface area contributed by atoms with Crippen molar-refractivity contribution in [1.82, 2.24) is 20.4 Å². The van der Waals surface area contributed by atoms with Gasteiger partial charge in [-0.2, -0.15) is 5.10 Å². The molecule has 6 heteroatoms. The summed E-state index contributed by atoms with van der Waals surface area (Å²) in [4.78, 5) is 11.7. The topological polar surface area (TPSA) is 68.2 Å². The van der Waals surface area contributed by atoms with Crippen LogP contribution in [0.3, 0.4) is 0 Å². The normalized spacial score (nSPS) is 17.4. The lowest BCUT2D eigenvalue weighted by atomic mass is 10.2. The molecule has 1 aliphatic rings. The number of carbonyl (C=O) groups excluding carboxylic acids is 1. The highest BCUT2D eigenvalue weighted by atomic mass is 16.5. The van der Waals surface area contributed by atoms with Crippen LogP contribution in [0.4, 0.5) is 4.79 Å². The van der Waals surface area contributed by atoms with E-state index < -0.39 is 0 Å². The van der Waals surface area contributed by atoms with Gasteiger partial charge in [0.1, 0.15) is 0 Å². The van der Waals surface area contributed by atoms with Gasteiger partial charge in [-0.25, -0.2) is 9.48 Å². The molecule has 1 aliphatic heterocycles. The van der Waals surface area contributed by atoms with E-state index >= 15 is 0 Å². The largest absolute Gasteiger partial charge is 0.376 e. The zero-order valence-corrected chi connectivity index (χ0v) is 12.4. The van der Waals surface area contributed by atoms with Crippen LogP contribution in [-0.4, -0.2) is 35.1 Å².